The molecule has 0 amide bonds. The number of anilines is 3. The van der Waals surface area contributed by atoms with Crippen LogP contribution >= 0.6 is 0 Å². The Morgan fingerprint density at radius 3 is 3.00 bits per heavy atom. The van der Waals surface area contributed by atoms with Gasteiger partial charge in [-0.05, 0) is 31.0 Å². The summed E-state index contributed by atoms with van der Waals surface area (Å²) in [5, 5.41) is 10.1. The fourth-order valence-corrected chi connectivity index (χ4v) is 3.13. The van der Waals surface area contributed by atoms with Crippen LogP contribution in [0.3, 0.4) is 0 Å². The molecule has 28 heavy (non-hydrogen) atoms. The van der Waals surface area contributed by atoms with E-state index in [2.05, 4.69) is 35.5 Å². The van der Waals surface area contributed by atoms with E-state index in [1.54, 1.807) is 0 Å². The Bertz CT molecular complexity index is 1130. The van der Waals surface area contributed by atoms with Gasteiger partial charge in [-0.15, -0.1) is 0 Å². The van der Waals surface area contributed by atoms with E-state index in [1.807, 2.05) is 42.4 Å². The molecule has 9 heteroatoms. The number of halogens is 1. The Morgan fingerprint density at radius 2 is 2.14 bits per heavy atom. The molecule has 1 saturated carbocycles. The van der Waals surface area contributed by atoms with Crippen LogP contribution in [0.15, 0.2) is 36.7 Å². The Kier molecular flexibility index (Phi) is 3.92. The second-order valence-corrected chi connectivity index (χ2v) is 7.04. The fraction of sp³-hybridized carbons (Fsp3) is 0.263. The average molecular weight is 378 g/mol. The van der Waals surface area contributed by atoms with Gasteiger partial charge in [-0.25, -0.2) is 14.4 Å². The standard InChI is InChI=1S/C19H19FN8/c1-28(10-12-4-5-14-15(23-12)6-7-21-14)19-22-9-13(20)18(25-19)24-17-8-16(26-27-17)11-2-3-11/h4-9,11,21H,2-3,10H2,1H3,(H2,22,24,25,26,27). The van der Waals surface area contributed by atoms with Crippen LogP contribution < -0.4 is 10.2 Å². The molecular formula is C19H19FN8. The minimum absolute atomic E-state index is 0.0970. The van der Waals surface area contributed by atoms with Crippen LogP contribution in [0.5, 0.6) is 0 Å². The molecule has 3 N–H and O–H groups in total. The van der Waals surface area contributed by atoms with E-state index in [4.69, 9.17) is 0 Å². The zero-order chi connectivity index (χ0) is 19.1. The Balaban J connectivity index is 1.34. The van der Waals surface area contributed by atoms with E-state index in [1.165, 1.54) is 19.0 Å². The molecule has 0 unspecified atom stereocenters. The highest BCUT2D eigenvalue weighted by atomic mass is 19.1. The molecule has 4 aromatic rings. The van der Waals surface area contributed by atoms with Gasteiger partial charge < -0.3 is 15.2 Å². The molecule has 0 atom stereocenters. The van der Waals surface area contributed by atoms with Gasteiger partial charge in [0, 0.05) is 30.9 Å². The lowest BCUT2D eigenvalue weighted by Crippen LogP contribution is -2.20. The lowest BCUT2D eigenvalue weighted by atomic mass is 10.3. The monoisotopic (exact) mass is 378 g/mol. The molecule has 0 aliphatic heterocycles. The van der Waals surface area contributed by atoms with E-state index in [-0.39, 0.29) is 5.82 Å². The van der Waals surface area contributed by atoms with E-state index in [0.29, 0.717) is 24.2 Å². The normalized spacial score (nSPS) is 13.8. The number of hydrogen-bond acceptors (Lipinski definition) is 6. The van der Waals surface area contributed by atoms with Crippen molar-refractivity contribution in [1.82, 2.24) is 30.1 Å². The molecule has 4 aromatic heterocycles. The Morgan fingerprint density at radius 1 is 1.25 bits per heavy atom. The van der Waals surface area contributed by atoms with Crippen molar-refractivity contribution in [2.24, 2.45) is 0 Å². The molecule has 142 valence electrons. The third-order valence-electron chi connectivity index (χ3n) is 4.80. The summed E-state index contributed by atoms with van der Waals surface area (Å²) in [6.45, 7) is 0.500. The quantitative estimate of drug-likeness (QED) is 0.475. The van der Waals surface area contributed by atoms with Crippen molar-refractivity contribution in [2.45, 2.75) is 25.3 Å². The smallest absolute Gasteiger partial charge is 0.227 e. The van der Waals surface area contributed by atoms with Crippen molar-refractivity contribution in [3.05, 3.63) is 53.9 Å². The van der Waals surface area contributed by atoms with Crippen LogP contribution in [-0.2, 0) is 6.54 Å². The van der Waals surface area contributed by atoms with Crippen molar-refractivity contribution >= 4 is 28.6 Å². The summed E-state index contributed by atoms with van der Waals surface area (Å²) in [4.78, 5) is 18.0. The highest BCUT2D eigenvalue weighted by Crippen LogP contribution is 2.39. The SMILES string of the molecule is CN(Cc1ccc2[nH]ccc2n1)c1ncc(F)c(Nc2cc(C3CC3)[nH]n2)n1. The first-order valence-electron chi connectivity index (χ1n) is 9.15. The second kappa shape index (κ2) is 6.59. The van der Waals surface area contributed by atoms with Gasteiger partial charge >= 0.3 is 0 Å². The van der Waals surface area contributed by atoms with Crippen LogP contribution in [0.1, 0.15) is 30.1 Å². The van der Waals surface area contributed by atoms with Crippen molar-refractivity contribution in [3.63, 3.8) is 0 Å². The number of rotatable bonds is 6. The Labute approximate surface area is 160 Å². The number of H-pyrrole nitrogens is 2. The largest absolute Gasteiger partial charge is 0.360 e. The van der Waals surface area contributed by atoms with Crippen LogP contribution in [0.2, 0.25) is 0 Å². The molecule has 0 bridgehead atoms. The predicted molar refractivity (Wildman–Crippen MR) is 104 cm³/mol. The minimum Gasteiger partial charge on any atom is -0.360 e. The summed E-state index contributed by atoms with van der Waals surface area (Å²) in [5.74, 6) is 1.06. The summed E-state index contributed by atoms with van der Waals surface area (Å²) in [5.41, 5.74) is 3.83. The third kappa shape index (κ3) is 3.26. The zero-order valence-corrected chi connectivity index (χ0v) is 15.3. The maximum atomic E-state index is 14.2. The van der Waals surface area contributed by atoms with E-state index in [0.717, 1.165) is 22.4 Å². The molecule has 5 rings (SSSR count). The van der Waals surface area contributed by atoms with Crippen LogP contribution in [0.25, 0.3) is 11.0 Å². The van der Waals surface area contributed by atoms with Crippen LogP contribution in [0.4, 0.5) is 22.0 Å². The van der Waals surface area contributed by atoms with Crippen molar-refractivity contribution in [1.29, 1.82) is 0 Å². The average Bonchev–Trinajstić information content (AvgIpc) is 3.25. The summed E-state index contributed by atoms with van der Waals surface area (Å²) in [6, 6.07) is 7.76. The fourth-order valence-electron chi connectivity index (χ4n) is 3.13. The lowest BCUT2D eigenvalue weighted by Gasteiger charge is -2.17. The molecule has 1 fully saturated rings. The topological polar surface area (TPSA) is 98.4 Å². The van der Waals surface area contributed by atoms with Gasteiger partial charge in [0.15, 0.2) is 17.5 Å². The Hall–Kier alpha value is -3.49. The van der Waals surface area contributed by atoms with Gasteiger partial charge in [0.25, 0.3) is 0 Å². The zero-order valence-electron chi connectivity index (χ0n) is 15.3. The van der Waals surface area contributed by atoms with E-state index in [9.17, 15) is 4.39 Å². The van der Waals surface area contributed by atoms with Crippen LogP contribution in [0, 0.1) is 5.82 Å². The molecular weight excluding hydrogens is 359 g/mol. The highest BCUT2D eigenvalue weighted by molar-refractivity contribution is 5.74. The number of aromatic amines is 2. The van der Waals surface area contributed by atoms with Gasteiger partial charge in [-0.1, -0.05) is 0 Å². The molecule has 0 aromatic carbocycles. The first-order valence-corrected chi connectivity index (χ1v) is 9.15. The lowest BCUT2D eigenvalue weighted by molar-refractivity contribution is 0.617. The summed E-state index contributed by atoms with van der Waals surface area (Å²) < 4.78 is 14.2. The van der Waals surface area contributed by atoms with E-state index < -0.39 is 5.82 Å². The van der Waals surface area contributed by atoms with Gasteiger partial charge in [0.1, 0.15) is 0 Å². The van der Waals surface area contributed by atoms with E-state index >= 15 is 0 Å². The van der Waals surface area contributed by atoms with Gasteiger partial charge in [0.05, 0.1) is 29.5 Å². The number of hydrogen-bond donors (Lipinski definition) is 3. The van der Waals surface area contributed by atoms with Gasteiger partial charge in [0.2, 0.25) is 5.95 Å². The summed E-state index contributed by atoms with van der Waals surface area (Å²) >= 11 is 0. The molecule has 4 heterocycles. The predicted octanol–water partition coefficient (Wildman–Crippen LogP) is 3.47. The first kappa shape index (κ1) is 16.7. The number of fused-ring (bicyclic) bond motifs is 1. The summed E-state index contributed by atoms with van der Waals surface area (Å²) in [6.07, 6.45) is 5.36. The van der Waals surface area contributed by atoms with Crippen LogP contribution in [-0.4, -0.2) is 37.2 Å². The number of nitrogens with one attached hydrogen (secondary N) is 3. The number of pyridine rings is 1. The molecule has 0 saturated heterocycles. The summed E-state index contributed by atoms with van der Waals surface area (Å²) in [7, 11) is 1.85. The molecule has 0 spiro atoms. The van der Waals surface area contributed by atoms with Gasteiger partial charge in [-0.2, -0.15) is 10.1 Å². The minimum atomic E-state index is -0.528. The van der Waals surface area contributed by atoms with Crippen molar-refractivity contribution in [3.8, 4) is 0 Å². The third-order valence-corrected chi connectivity index (χ3v) is 4.80. The van der Waals surface area contributed by atoms with Crippen molar-refractivity contribution in [2.75, 3.05) is 17.3 Å². The highest BCUT2D eigenvalue weighted by Gasteiger charge is 2.25. The maximum absolute atomic E-state index is 14.2. The maximum Gasteiger partial charge on any atom is 0.227 e. The molecule has 1 aliphatic rings. The second-order valence-electron chi connectivity index (χ2n) is 7.04. The van der Waals surface area contributed by atoms with Crippen molar-refractivity contribution < 1.29 is 4.39 Å². The number of nitrogens with zero attached hydrogens (tertiary/aromatic N) is 5. The number of aromatic nitrogens is 6. The molecule has 0 radical (unpaired) electrons. The van der Waals surface area contributed by atoms with Gasteiger partial charge in [-0.3, -0.25) is 5.10 Å². The first-order chi connectivity index (χ1) is 13.7. The molecule has 1 aliphatic carbocycles. The molecule has 8 nitrogen and oxygen atoms in total.